The summed E-state index contributed by atoms with van der Waals surface area (Å²) in [6.07, 6.45) is 5.10. The first-order valence-corrected chi connectivity index (χ1v) is 13.6. The van der Waals surface area contributed by atoms with Gasteiger partial charge in [-0.1, -0.05) is 36.4 Å². The summed E-state index contributed by atoms with van der Waals surface area (Å²) in [7, 11) is 1.72. The number of hydrogen-bond donors (Lipinski definition) is 2. The number of nitrogens with one attached hydrogen (secondary N) is 1. The van der Waals surface area contributed by atoms with Gasteiger partial charge in [-0.15, -0.1) is 11.3 Å². The Bertz CT molecular complexity index is 931. The fraction of sp³-hybridized carbons (Fsp3) is 0.556. The number of likely N-dealkylation sites (tertiary alicyclic amines) is 1. The third-order valence-corrected chi connectivity index (χ3v) is 8.17. The molecular formula is C27H38N4O3S. The smallest absolute Gasteiger partial charge is 0.264 e. The van der Waals surface area contributed by atoms with Crippen LogP contribution in [0, 0.1) is 0 Å². The molecule has 2 atom stereocenters. The Kier molecular flexibility index (Phi) is 9.31. The van der Waals surface area contributed by atoms with E-state index >= 15 is 0 Å². The van der Waals surface area contributed by atoms with E-state index in [-0.39, 0.29) is 29.9 Å². The molecule has 1 aromatic carbocycles. The van der Waals surface area contributed by atoms with Crippen LogP contribution in [0.1, 0.15) is 53.8 Å². The van der Waals surface area contributed by atoms with Gasteiger partial charge in [0.1, 0.15) is 6.04 Å². The van der Waals surface area contributed by atoms with E-state index in [0.717, 1.165) is 45.2 Å². The van der Waals surface area contributed by atoms with E-state index in [9.17, 15) is 9.59 Å². The number of thiophene rings is 1. The average molecular weight is 499 g/mol. The van der Waals surface area contributed by atoms with Crippen molar-refractivity contribution < 1.29 is 14.3 Å². The second-order valence-corrected chi connectivity index (χ2v) is 10.7. The van der Waals surface area contributed by atoms with E-state index in [1.807, 2.05) is 23.6 Å². The minimum atomic E-state index is -0.486. The molecule has 35 heavy (non-hydrogen) atoms. The van der Waals surface area contributed by atoms with Crippen LogP contribution in [0.25, 0.3) is 0 Å². The first kappa shape index (κ1) is 25.8. The number of carbonyl (C=O) groups excluding carboxylic acids is 2. The number of hydrogen-bond acceptors (Lipinski definition) is 6. The van der Waals surface area contributed by atoms with Crippen molar-refractivity contribution in [3.8, 4) is 0 Å². The van der Waals surface area contributed by atoms with Gasteiger partial charge in [-0.3, -0.25) is 14.5 Å². The number of carbonyl (C=O) groups is 2. The van der Waals surface area contributed by atoms with Crippen LogP contribution in [0.2, 0.25) is 0 Å². The number of amides is 2. The molecule has 2 fully saturated rings. The predicted molar refractivity (Wildman–Crippen MR) is 139 cm³/mol. The zero-order chi connectivity index (χ0) is 24.6. The Labute approximate surface area is 212 Å². The molecule has 2 aliphatic rings. The molecule has 7 nitrogen and oxygen atoms in total. The van der Waals surface area contributed by atoms with E-state index in [2.05, 4.69) is 34.5 Å². The minimum Gasteiger partial charge on any atom is -0.383 e. The van der Waals surface area contributed by atoms with Gasteiger partial charge in [0.05, 0.1) is 11.5 Å². The highest BCUT2D eigenvalue weighted by atomic mass is 32.1. The van der Waals surface area contributed by atoms with Crippen molar-refractivity contribution in [3.63, 3.8) is 0 Å². The van der Waals surface area contributed by atoms with Gasteiger partial charge in [-0.05, 0) is 55.5 Å². The summed E-state index contributed by atoms with van der Waals surface area (Å²) in [5.74, 6) is -0.0813. The quantitative estimate of drug-likeness (QED) is 0.554. The van der Waals surface area contributed by atoms with Crippen LogP contribution < -0.4 is 11.1 Å². The summed E-state index contributed by atoms with van der Waals surface area (Å²) in [4.78, 5) is 31.8. The maximum absolute atomic E-state index is 13.6. The summed E-state index contributed by atoms with van der Waals surface area (Å²) < 4.78 is 5.40. The molecule has 4 rings (SSSR count). The lowest BCUT2D eigenvalue weighted by molar-refractivity contribution is -0.128. The van der Waals surface area contributed by atoms with Crippen LogP contribution in [-0.4, -0.2) is 72.6 Å². The van der Waals surface area contributed by atoms with Gasteiger partial charge in [-0.2, -0.15) is 0 Å². The zero-order valence-corrected chi connectivity index (χ0v) is 21.4. The van der Waals surface area contributed by atoms with Crippen LogP contribution in [-0.2, 0) is 16.1 Å². The molecule has 190 valence electrons. The van der Waals surface area contributed by atoms with Gasteiger partial charge in [0.15, 0.2) is 0 Å². The van der Waals surface area contributed by atoms with E-state index in [1.165, 1.54) is 16.9 Å². The van der Waals surface area contributed by atoms with Crippen LogP contribution in [0.4, 0.5) is 0 Å². The van der Waals surface area contributed by atoms with Crippen molar-refractivity contribution in [1.82, 2.24) is 15.1 Å². The number of piperidine rings is 1. The van der Waals surface area contributed by atoms with Crippen molar-refractivity contribution in [3.05, 3.63) is 58.3 Å². The standard InChI is InChI=1S/C27H38N4O3S/c1-34-16-15-30(19-20-6-3-2-4-7-20)23-13-14-31(27(33)25-8-5-17-35-25)24(18-23)26(32)29-22-11-9-21(28)10-12-22/h2-8,17,21-24H,9-16,18-19,28H2,1H3,(H,29,32)/t21?,22?,23?,24-/m1/s1. The van der Waals surface area contributed by atoms with Gasteiger partial charge < -0.3 is 20.7 Å². The summed E-state index contributed by atoms with van der Waals surface area (Å²) in [6, 6.07) is 14.2. The maximum atomic E-state index is 13.6. The lowest BCUT2D eigenvalue weighted by Crippen LogP contribution is -2.58. The first-order valence-electron chi connectivity index (χ1n) is 12.7. The molecule has 1 aromatic heterocycles. The van der Waals surface area contributed by atoms with Crippen molar-refractivity contribution >= 4 is 23.2 Å². The van der Waals surface area contributed by atoms with Crippen LogP contribution in [0.3, 0.4) is 0 Å². The molecule has 2 aromatic rings. The summed E-state index contributed by atoms with van der Waals surface area (Å²) in [5, 5.41) is 5.17. The average Bonchev–Trinajstić information content (AvgIpc) is 3.43. The highest BCUT2D eigenvalue weighted by Gasteiger charge is 2.39. The van der Waals surface area contributed by atoms with E-state index < -0.39 is 6.04 Å². The molecule has 3 N–H and O–H groups in total. The maximum Gasteiger partial charge on any atom is 0.264 e. The van der Waals surface area contributed by atoms with Gasteiger partial charge in [0.25, 0.3) is 5.91 Å². The Morgan fingerprint density at radius 3 is 2.57 bits per heavy atom. The second-order valence-electron chi connectivity index (χ2n) is 9.74. The monoisotopic (exact) mass is 498 g/mol. The highest BCUT2D eigenvalue weighted by molar-refractivity contribution is 7.12. The molecular weight excluding hydrogens is 460 g/mol. The zero-order valence-electron chi connectivity index (χ0n) is 20.6. The van der Waals surface area contributed by atoms with Crippen molar-refractivity contribution in [2.24, 2.45) is 5.73 Å². The summed E-state index contributed by atoms with van der Waals surface area (Å²) in [5.41, 5.74) is 7.30. The highest BCUT2D eigenvalue weighted by Crippen LogP contribution is 2.27. The summed E-state index contributed by atoms with van der Waals surface area (Å²) in [6.45, 7) is 2.76. The van der Waals surface area contributed by atoms with Gasteiger partial charge in [-0.25, -0.2) is 0 Å². The molecule has 1 unspecified atom stereocenters. The van der Waals surface area contributed by atoms with Crippen molar-refractivity contribution in [2.45, 2.75) is 69.2 Å². The third-order valence-electron chi connectivity index (χ3n) is 7.32. The van der Waals surface area contributed by atoms with Crippen molar-refractivity contribution in [1.29, 1.82) is 0 Å². The Balaban J connectivity index is 1.51. The molecule has 2 heterocycles. The Morgan fingerprint density at radius 2 is 1.89 bits per heavy atom. The Morgan fingerprint density at radius 1 is 1.11 bits per heavy atom. The number of nitrogens with zero attached hydrogens (tertiary/aromatic N) is 2. The van der Waals surface area contributed by atoms with Gasteiger partial charge >= 0.3 is 0 Å². The topological polar surface area (TPSA) is 87.9 Å². The van der Waals surface area contributed by atoms with Crippen LogP contribution in [0.15, 0.2) is 47.8 Å². The number of methoxy groups -OCH3 is 1. The van der Waals surface area contributed by atoms with Crippen LogP contribution in [0.5, 0.6) is 0 Å². The molecule has 0 bridgehead atoms. The largest absolute Gasteiger partial charge is 0.383 e. The van der Waals surface area contributed by atoms with E-state index in [1.54, 1.807) is 12.0 Å². The molecule has 1 aliphatic heterocycles. The lowest BCUT2D eigenvalue weighted by atomic mass is 9.90. The third kappa shape index (κ3) is 6.91. The van der Waals surface area contributed by atoms with Crippen molar-refractivity contribution in [2.75, 3.05) is 26.8 Å². The normalized spacial score (nSPS) is 24.9. The number of nitrogens with two attached hydrogens (primary N) is 1. The van der Waals surface area contributed by atoms with Gasteiger partial charge in [0.2, 0.25) is 5.91 Å². The molecule has 1 aliphatic carbocycles. The molecule has 0 spiro atoms. The van der Waals surface area contributed by atoms with E-state index in [4.69, 9.17) is 10.5 Å². The fourth-order valence-electron chi connectivity index (χ4n) is 5.29. The predicted octanol–water partition coefficient (Wildman–Crippen LogP) is 3.26. The molecule has 1 saturated carbocycles. The minimum absolute atomic E-state index is 0.0357. The van der Waals surface area contributed by atoms with Crippen LogP contribution >= 0.6 is 11.3 Å². The molecule has 1 saturated heterocycles. The SMILES string of the molecule is COCCN(Cc1ccccc1)C1CCN(C(=O)c2cccs2)[C@@H](C(=O)NC2CCC(N)CC2)C1. The molecule has 8 heteroatoms. The summed E-state index contributed by atoms with van der Waals surface area (Å²) >= 11 is 1.43. The molecule has 2 amide bonds. The lowest BCUT2D eigenvalue weighted by Gasteiger charge is -2.43. The number of ether oxygens (including phenoxy) is 1. The Hall–Kier alpha value is -2.26. The second kappa shape index (κ2) is 12.6. The first-order chi connectivity index (χ1) is 17.0. The number of benzene rings is 1. The van der Waals surface area contributed by atoms with Gasteiger partial charge in [0, 0.05) is 44.9 Å². The number of rotatable bonds is 9. The fourth-order valence-corrected chi connectivity index (χ4v) is 5.97. The molecule has 0 radical (unpaired) electrons. The van der Waals surface area contributed by atoms with E-state index in [0.29, 0.717) is 24.4 Å².